The lowest BCUT2D eigenvalue weighted by molar-refractivity contribution is -0.120. The Morgan fingerprint density at radius 3 is 2.66 bits per heavy atom. The Morgan fingerprint density at radius 1 is 1.16 bits per heavy atom. The number of benzene rings is 2. The number of hydrogen-bond acceptors (Lipinski definition) is 7. The predicted molar refractivity (Wildman–Crippen MR) is 122 cm³/mol. The SMILES string of the molecule is O=C(Nc1nnc(SCc2ccccc2)s1)[C@H]1CCCN(S(=O)(=O)c2ccc(F)cc2)C1. The molecule has 0 aliphatic carbocycles. The van der Waals surface area contributed by atoms with E-state index in [1.54, 1.807) is 0 Å². The molecule has 7 nitrogen and oxygen atoms in total. The first-order valence-corrected chi connectivity index (χ1v) is 13.2. The smallest absolute Gasteiger partial charge is 0.243 e. The number of carbonyl (C=O) groups is 1. The third-order valence-electron chi connectivity index (χ3n) is 5.05. The zero-order valence-electron chi connectivity index (χ0n) is 17.0. The van der Waals surface area contributed by atoms with E-state index >= 15 is 0 Å². The van der Waals surface area contributed by atoms with Gasteiger partial charge < -0.3 is 5.32 Å². The van der Waals surface area contributed by atoms with Crippen molar-refractivity contribution in [3.05, 3.63) is 66.0 Å². The van der Waals surface area contributed by atoms with Crippen LogP contribution in [0.25, 0.3) is 0 Å². The van der Waals surface area contributed by atoms with E-state index in [0.717, 1.165) is 22.2 Å². The molecule has 1 N–H and O–H groups in total. The van der Waals surface area contributed by atoms with Gasteiger partial charge in [0.1, 0.15) is 5.82 Å². The molecule has 4 rings (SSSR count). The number of nitrogens with zero attached hydrogens (tertiary/aromatic N) is 3. The Bertz CT molecular complexity index is 1170. The summed E-state index contributed by atoms with van der Waals surface area (Å²) in [5.74, 6) is -0.524. The third-order valence-corrected chi connectivity index (χ3v) is 8.97. The van der Waals surface area contributed by atoms with Gasteiger partial charge in [0.05, 0.1) is 10.8 Å². The number of piperidine rings is 1. The maximum atomic E-state index is 13.2. The molecule has 1 aliphatic rings. The highest BCUT2D eigenvalue weighted by molar-refractivity contribution is 8.00. The van der Waals surface area contributed by atoms with Crippen molar-refractivity contribution in [1.82, 2.24) is 14.5 Å². The lowest BCUT2D eigenvalue weighted by atomic mass is 9.99. The molecule has 1 amide bonds. The van der Waals surface area contributed by atoms with Gasteiger partial charge in [-0.3, -0.25) is 4.79 Å². The van der Waals surface area contributed by atoms with Crippen LogP contribution in [0.15, 0.2) is 63.8 Å². The molecule has 3 aromatic rings. The molecule has 1 fully saturated rings. The molecule has 0 unspecified atom stereocenters. The van der Waals surface area contributed by atoms with Crippen molar-refractivity contribution in [2.45, 2.75) is 27.8 Å². The van der Waals surface area contributed by atoms with Crippen LogP contribution in [0, 0.1) is 11.7 Å². The molecule has 32 heavy (non-hydrogen) atoms. The number of nitrogens with one attached hydrogen (secondary N) is 1. The number of sulfonamides is 1. The van der Waals surface area contributed by atoms with Crippen LogP contribution in [0.2, 0.25) is 0 Å². The Kier molecular flexibility index (Phi) is 7.19. The van der Waals surface area contributed by atoms with E-state index in [0.29, 0.717) is 24.5 Å². The Balaban J connectivity index is 1.35. The highest BCUT2D eigenvalue weighted by atomic mass is 32.2. The van der Waals surface area contributed by atoms with Crippen LogP contribution in [0.5, 0.6) is 0 Å². The second-order valence-electron chi connectivity index (χ2n) is 7.29. The Morgan fingerprint density at radius 2 is 1.91 bits per heavy atom. The van der Waals surface area contributed by atoms with E-state index in [1.165, 1.54) is 45.1 Å². The van der Waals surface area contributed by atoms with Gasteiger partial charge in [-0.2, -0.15) is 4.31 Å². The molecule has 1 aliphatic heterocycles. The van der Waals surface area contributed by atoms with Crippen molar-refractivity contribution in [2.24, 2.45) is 5.92 Å². The molecule has 0 radical (unpaired) electrons. The van der Waals surface area contributed by atoms with Crippen molar-refractivity contribution in [2.75, 3.05) is 18.4 Å². The minimum Gasteiger partial charge on any atom is -0.300 e. The largest absolute Gasteiger partial charge is 0.300 e. The third kappa shape index (κ3) is 5.52. The summed E-state index contributed by atoms with van der Waals surface area (Å²) in [4.78, 5) is 12.8. The minimum atomic E-state index is -3.79. The molecule has 2 aromatic carbocycles. The van der Waals surface area contributed by atoms with E-state index in [9.17, 15) is 17.6 Å². The fraction of sp³-hybridized carbons (Fsp3) is 0.286. The van der Waals surface area contributed by atoms with E-state index in [2.05, 4.69) is 15.5 Å². The maximum absolute atomic E-state index is 13.2. The standard InChI is InChI=1S/C21H21FN4O3S3/c22-17-8-10-18(11-9-17)32(28,29)26-12-4-7-16(13-26)19(27)23-20-24-25-21(31-20)30-14-15-5-2-1-3-6-15/h1-3,5-6,8-11,16H,4,7,12-14H2,(H,23,24,27)/t16-/m0/s1. The van der Waals surface area contributed by atoms with E-state index in [-0.39, 0.29) is 17.3 Å². The Labute approximate surface area is 194 Å². The summed E-state index contributed by atoms with van der Waals surface area (Å²) in [5.41, 5.74) is 1.17. The second-order valence-corrected chi connectivity index (χ2v) is 11.4. The first-order valence-electron chi connectivity index (χ1n) is 9.98. The molecule has 168 valence electrons. The normalized spacial score (nSPS) is 17.2. The average Bonchev–Trinajstić information content (AvgIpc) is 3.26. The topological polar surface area (TPSA) is 92.3 Å². The van der Waals surface area contributed by atoms with Crippen LogP contribution in [0.4, 0.5) is 9.52 Å². The summed E-state index contributed by atoms with van der Waals surface area (Å²) in [7, 11) is -3.79. The highest BCUT2D eigenvalue weighted by Crippen LogP contribution is 2.29. The summed E-state index contributed by atoms with van der Waals surface area (Å²) < 4.78 is 40.9. The molecular weight excluding hydrogens is 471 g/mol. The van der Waals surface area contributed by atoms with Crippen molar-refractivity contribution in [3.63, 3.8) is 0 Å². The van der Waals surface area contributed by atoms with Gasteiger partial charge in [0.2, 0.25) is 21.1 Å². The minimum absolute atomic E-state index is 0.0177. The predicted octanol–water partition coefficient (Wildman–Crippen LogP) is 4.01. The molecule has 0 bridgehead atoms. The molecular formula is C21H21FN4O3S3. The first-order chi connectivity index (χ1) is 15.4. The number of hydrogen-bond donors (Lipinski definition) is 1. The number of thioether (sulfide) groups is 1. The van der Waals surface area contributed by atoms with Gasteiger partial charge in [-0.15, -0.1) is 10.2 Å². The van der Waals surface area contributed by atoms with Crippen LogP contribution < -0.4 is 5.32 Å². The van der Waals surface area contributed by atoms with Crippen LogP contribution in [-0.4, -0.2) is 41.9 Å². The van der Waals surface area contributed by atoms with Gasteiger partial charge in [-0.1, -0.05) is 53.4 Å². The van der Waals surface area contributed by atoms with Crippen molar-refractivity contribution >= 4 is 44.2 Å². The molecule has 0 saturated carbocycles. The number of halogens is 1. The van der Waals surface area contributed by atoms with Gasteiger partial charge in [0, 0.05) is 18.8 Å². The van der Waals surface area contributed by atoms with Crippen LogP contribution in [0.1, 0.15) is 18.4 Å². The molecule has 11 heteroatoms. The van der Waals surface area contributed by atoms with E-state index < -0.39 is 21.8 Å². The Hall–Kier alpha value is -2.34. The number of carbonyl (C=O) groups excluding carboxylic acids is 1. The van der Waals surface area contributed by atoms with E-state index in [4.69, 9.17) is 0 Å². The summed E-state index contributed by atoms with van der Waals surface area (Å²) in [6.07, 6.45) is 1.14. The lowest BCUT2D eigenvalue weighted by Crippen LogP contribution is -2.43. The lowest BCUT2D eigenvalue weighted by Gasteiger charge is -2.31. The summed E-state index contributed by atoms with van der Waals surface area (Å²) >= 11 is 2.83. The zero-order chi connectivity index (χ0) is 22.6. The second kappa shape index (κ2) is 10.1. The van der Waals surface area contributed by atoms with Crippen LogP contribution >= 0.6 is 23.1 Å². The number of rotatable bonds is 7. The van der Waals surface area contributed by atoms with Crippen molar-refractivity contribution in [3.8, 4) is 0 Å². The van der Waals surface area contributed by atoms with E-state index in [1.807, 2.05) is 30.3 Å². The number of anilines is 1. The monoisotopic (exact) mass is 492 g/mol. The molecule has 1 saturated heterocycles. The molecule has 1 aromatic heterocycles. The van der Waals surface area contributed by atoms with Gasteiger partial charge in [-0.05, 0) is 42.7 Å². The van der Waals surface area contributed by atoms with Crippen molar-refractivity contribution in [1.29, 1.82) is 0 Å². The van der Waals surface area contributed by atoms with Crippen LogP contribution in [-0.2, 0) is 20.6 Å². The first kappa shape index (κ1) is 22.8. The molecule has 1 atom stereocenters. The van der Waals surface area contributed by atoms with Crippen LogP contribution in [0.3, 0.4) is 0 Å². The maximum Gasteiger partial charge on any atom is 0.243 e. The average molecular weight is 493 g/mol. The molecule has 2 heterocycles. The summed E-state index contributed by atoms with van der Waals surface area (Å²) in [5, 5.41) is 11.3. The summed E-state index contributed by atoms with van der Waals surface area (Å²) in [6, 6.07) is 14.7. The zero-order valence-corrected chi connectivity index (χ0v) is 19.4. The van der Waals surface area contributed by atoms with Crippen molar-refractivity contribution < 1.29 is 17.6 Å². The fourth-order valence-electron chi connectivity index (χ4n) is 3.38. The quantitative estimate of drug-likeness (QED) is 0.396. The van der Waals surface area contributed by atoms with Gasteiger partial charge >= 0.3 is 0 Å². The number of aromatic nitrogens is 2. The highest BCUT2D eigenvalue weighted by Gasteiger charge is 2.33. The van der Waals surface area contributed by atoms with Gasteiger partial charge in [0.15, 0.2) is 4.34 Å². The number of amides is 1. The fourth-order valence-corrected chi connectivity index (χ4v) is 6.61. The molecule has 0 spiro atoms. The van der Waals surface area contributed by atoms with Gasteiger partial charge in [0.25, 0.3) is 0 Å². The summed E-state index contributed by atoms with van der Waals surface area (Å²) in [6.45, 7) is 0.391. The van der Waals surface area contributed by atoms with Gasteiger partial charge in [-0.25, -0.2) is 12.8 Å².